The van der Waals surface area contributed by atoms with Crippen LogP contribution in [-0.2, 0) is 22.6 Å². The van der Waals surface area contributed by atoms with E-state index in [0.29, 0.717) is 30.0 Å². The van der Waals surface area contributed by atoms with E-state index in [1.165, 1.54) is 21.9 Å². The van der Waals surface area contributed by atoms with E-state index in [-0.39, 0.29) is 24.3 Å². The lowest BCUT2D eigenvalue weighted by Gasteiger charge is -2.16. The Balaban J connectivity index is 1.52. The number of nitrogens with two attached hydrogens (primary N) is 2. The molecule has 3 aromatic carbocycles. The number of nitrogens with zero attached hydrogens (tertiary/aromatic N) is 2. The van der Waals surface area contributed by atoms with Crippen molar-refractivity contribution < 1.29 is 29.0 Å². The molecular weight excluding hydrogens is 524 g/mol. The van der Waals surface area contributed by atoms with Gasteiger partial charge in [-0.2, -0.15) is 0 Å². The smallest absolute Gasteiger partial charge is 0.410 e. The van der Waals surface area contributed by atoms with Crippen molar-refractivity contribution in [1.29, 1.82) is 0 Å². The molecule has 0 aliphatic heterocycles. The monoisotopic (exact) mass is 554 g/mol. The fraction of sp³-hybridized carbons (Fsp3) is 0.194. The quantitative estimate of drug-likeness (QED) is 0.295. The van der Waals surface area contributed by atoms with E-state index < -0.39 is 18.2 Å². The van der Waals surface area contributed by atoms with Crippen LogP contribution in [0.2, 0.25) is 0 Å². The Hall–Kier alpha value is -5.61. The zero-order valence-corrected chi connectivity index (χ0v) is 22.7. The van der Waals surface area contributed by atoms with Crippen LogP contribution in [-0.4, -0.2) is 60.4 Å². The number of rotatable bonds is 7. The van der Waals surface area contributed by atoms with Gasteiger partial charge in [0.25, 0.3) is 0 Å². The van der Waals surface area contributed by atoms with E-state index in [4.69, 9.17) is 20.9 Å². The maximum absolute atomic E-state index is 12.2. The third kappa shape index (κ3) is 9.57. The van der Waals surface area contributed by atoms with Gasteiger partial charge in [0.15, 0.2) is 13.2 Å². The predicted octanol–water partition coefficient (Wildman–Crippen LogP) is 3.79. The van der Waals surface area contributed by atoms with Crippen LogP contribution in [0.4, 0.5) is 21.0 Å². The molecule has 41 heavy (non-hydrogen) atoms. The Morgan fingerprint density at radius 2 is 1.27 bits per heavy atom. The molecular formula is C31H30N4O6. The number of anilines is 2. The van der Waals surface area contributed by atoms with Crippen LogP contribution in [0.15, 0.2) is 66.7 Å². The molecule has 0 spiro atoms. The minimum absolute atomic E-state index is 0.0618. The third-order valence-corrected chi connectivity index (χ3v) is 5.61. The summed E-state index contributed by atoms with van der Waals surface area (Å²) in [6.45, 7) is 0.225. The molecule has 0 atom stereocenters. The molecule has 0 saturated heterocycles. The Kier molecular flexibility index (Phi) is 10.6. The fourth-order valence-corrected chi connectivity index (χ4v) is 3.65. The van der Waals surface area contributed by atoms with Gasteiger partial charge in [0.2, 0.25) is 0 Å². The molecule has 3 aromatic rings. The second-order valence-electron chi connectivity index (χ2n) is 8.98. The molecule has 0 radical (unpaired) electrons. The van der Waals surface area contributed by atoms with Crippen LogP contribution >= 0.6 is 0 Å². The first-order valence-corrected chi connectivity index (χ1v) is 12.4. The molecule has 0 fully saturated rings. The van der Waals surface area contributed by atoms with Gasteiger partial charge in [-0.05, 0) is 53.6 Å². The SMILES string of the molecule is CN(Cc1cccc(N)c1)C(=O)OCC#Cc1ccc(C#CCOC(=O)N(C)Cc2cccc(N)c2)c(C(=O)O)c1. The van der Waals surface area contributed by atoms with Gasteiger partial charge in [0.05, 0.1) is 5.56 Å². The van der Waals surface area contributed by atoms with Crippen molar-refractivity contribution in [2.24, 2.45) is 0 Å². The summed E-state index contributed by atoms with van der Waals surface area (Å²) in [7, 11) is 3.18. The zero-order valence-electron chi connectivity index (χ0n) is 22.7. The average Bonchev–Trinajstić information content (AvgIpc) is 2.93. The van der Waals surface area contributed by atoms with Gasteiger partial charge in [-0.3, -0.25) is 0 Å². The Labute approximate surface area is 238 Å². The van der Waals surface area contributed by atoms with Crippen LogP contribution in [0, 0.1) is 23.7 Å². The van der Waals surface area contributed by atoms with E-state index in [2.05, 4.69) is 23.7 Å². The molecule has 0 saturated carbocycles. The fourth-order valence-electron chi connectivity index (χ4n) is 3.65. The van der Waals surface area contributed by atoms with Crippen molar-refractivity contribution >= 4 is 29.5 Å². The number of hydrogen-bond donors (Lipinski definition) is 3. The number of ether oxygens (including phenoxy) is 2. The summed E-state index contributed by atoms with van der Waals surface area (Å²) in [5.41, 5.74) is 15.0. The summed E-state index contributed by atoms with van der Waals surface area (Å²) in [4.78, 5) is 39.0. The largest absolute Gasteiger partial charge is 0.478 e. The van der Waals surface area contributed by atoms with Crippen LogP contribution in [0.25, 0.3) is 0 Å². The number of carboxylic acids is 1. The molecule has 0 aliphatic carbocycles. The number of carboxylic acid groups (broad SMARTS) is 1. The third-order valence-electron chi connectivity index (χ3n) is 5.61. The molecule has 0 heterocycles. The molecule has 0 unspecified atom stereocenters. The van der Waals surface area contributed by atoms with E-state index in [0.717, 1.165) is 11.1 Å². The van der Waals surface area contributed by atoms with Gasteiger partial charge in [-0.1, -0.05) is 47.9 Å². The standard InChI is InChI=1S/C31H30N4O6/c1-34(20-23-7-3-11-26(32)17-23)30(38)40-15-5-9-22-13-14-25(28(19-22)29(36)37)10-6-16-41-31(39)35(2)21-24-8-4-12-27(33)18-24/h3-4,7-8,11-14,17-19H,15-16,20-21,32-33H2,1-2H3,(H,36,37). The molecule has 0 aromatic heterocycles. The summed E-state index contributed by atoms with van der Waals surface area (Å²) in [5, 5.41) is 9.61. The normalized spacial score (nSPS) is 9.80. The summed E-state index contributed by atoms with van der Waals surface area (Å²) in [6.07, 6.45) is -1.14. The zero-order chi connectivity index (χ0) is 29.8. The van der Waals surface area contributed by atoms with Gasteiger partial charge in [0, 0.05) is 49.7 Å². The van der Waals surface area contributed by atoms with Gasteiger partial charge >= 0.3 is 18.2 Å². The Morgan fingerprint density at radius 3 is 1.76 bits per heavy atom. The van der Waals surface area contributed by atoms with Gasteiger partial charge in [-0.15, -0.1) is 0 Å². The summed E-state index contributed by atoms with van der Waals surface area (Å²) >= 11 is 0. The summed E-state index contributed by atoms with van der Waals surface area (Å²) in [6, 6.07) is 18.8. The van der Waals surface area contributed by atoms with Crippen LogP contribution in [0.1, 0.15) is 32.6 Å². The first-order valence-electron chi connectivity index (χ1n) is 12.4. The highest BCUT2D eigenvalue weighted by molar-refractivity contribution is 5.91. The van der Waals surface area contributed by atoms with Gasteiger partial charge < -0.3 is 35.8 Å². The molecule has 0 aliphatic rings. The van der Waals surface area contributed by atoms with Gasteiger partial charge in [0.1, 0.15) is 0 Å². The highest BCUT2D eigenvalue weighted by Crippen LogP contribution is 2.12. The minimum Gasteiger partial charge on any atom is -0.478 e. The lowest BCUT2D eigenvalue weighted by Crippen LogP contribution is -2.27. The molecule has 2 amide bonds. The van der Waals surface area contributed by atoms with Crippen molar-refractivity contribution in [2.45, 2.75) is 13.1 Å². The van der Waals surface area contributed by atoms with E-state index in [1.807, 2.05) is 12.1 Å². The highest BCUT2D eigenvalue weighted by Gasteiger charge is 2.12. The minimum atomic E-state index is -1.19. The second kappa shape index (κ2) is 14.5. The molecule has 10 nitrogen and oxygen atoms in total. The number of aromatic carboxylic acids is 1. The van der Waals surface area contributed by atoms with Crippen LogP contribution in [0.3, 0.4) is 0 Å². The number of amides is 2. The Morgan fingerprint density at radius 1 is 0.756 bits per heavy atom. The molecule has 210 valence electrons. The van der Waals surface area contributed by atoms with Crippen molar-refractivity contribution in [2.75, 3.05) is 38.8 Å². The summed E-state index contributed by atoms with van der Waals surface area (Å²) in [5.74, 6) is 9.68. The molecule has 5 N–H and O–H groups in total. The van der Waals surface area contributed by atoms with Crippen molar-refractivity contribution in [3.8, 4) is 23.7 Å². The number of carbonyl (C=O) groups is 3. The van der Waals surface area contributed by atoms with Crippen molar-refractivity contribution in [3.63, 3.8) is 0 Å². The van der Waals surface area contributed by atoms with Gasteiger partial charge in [-0.25, -0.2) is 14.4 Å². The molecule has 3 rings (SSSR count). The van der Waals surface area contributed by atoms with Crippen LogP contribution < -0.4 is 11.5 Å². The molecule has 0 bridgehead atoms. The van der Waals surface area contributed by atoms with Crippen molar-refractivity contribution in [3.05, 3.63) is 94.5 Å². The maximum Gasteiger partial charge on any atom is 0.410 e. The maximum atomic E-state index is 12.2. The van der Waals surface area contributed by atoms with Crippen LogP contribution in [0.5, 0.6) is 0 Å². The lowest BCUT2D eigenvalue weighted by molar-refractivity contribution is 0.0696. The number of hydrogen-bond acceptors (Lipinski definition) is 7. The van der Waals surface area contributed by atoms with E-state index in [1.54, 1.807) is 56.6 Å². The van der Waals surface area contributed by atoms with E-state index in [9.17, 15) is 19.5 Å². The predicted molar refractivity (Wildman–Crippen MR) is 154 cm³/mol. The number of benzene rings is 3. The second-order valence-corrected chi connectivity index (χ2v) is 8.98. The first kappa shape index (κ1) is 29.9. The topological polar surface area (TPSA) is 148 Å². The summed E-state index contributed by atoms with van der Waals surface area (Å²) < 4.78 is 10.3. The Bertz CT molecular complexity index is 1550. The highest BCUT2D eigenvalue weighted by atomic mass is 16.6. The number of nitrogen functional groups attached to an aromatic ring is 2. The number of carbonyl (C=O) groups excluding carboxylic acids is 2. The lowest BCUT2D eigenvalue weighted by atomic mass is 10.0. The van der Waals surface area contributed by atoms with Crippen molar-refractivity contribution in [1.82, 2.24) is 9.80 Å². The first-order chi connectivity index (χ1) is 19.6. The molecule has 10 heteroatoms. The average molecular weight is 555 g/mol. The van der Waals surface area contributed by atoms with E-state index >= 15 is 0 Å².